The van der Waals surface area contributed by atoms with Crippen molar-refractivity contribution in [2.24, 2.45) is 7.05 Å². The summed E-state index contributed by atoms with van der Waals surface area (Å²) in [4.78, 5) is 22.2. The van der Waals surface area contributed by atoms with Crippen molar-refractivity contribution in [1.29, 1.82) is 0 Å². The van der Waals surface area contributed by atoms with E-state index in [2.05, 4.69) is 10.0 Å². The van der Waals surface area contributed by atoms with Crippen molar-refractivity contribution in [3.05, 3.63) is 18.0 Å². The molecule has 0 aromatic carbocycles. The first-order chi connectivity index (χ1) is 10.4. The minimum absolute atomic E-state index is 0.0345. The van der Waals surface area contributed by atoms with E-state index in [9.17, 15) is 18.0 Å². The fraction of sp³-hybridized carbons (Fsp3) is 0.538. The Morgan fingerprint density at radius 1 is 1.30 bits per heavy atom. The Morgan fingerprint density at radius 2 is 1.91 bits per heavy atom. The summed E-state index contributed by atoms with van der Waals surface area (Å²) >= 11 is 0. The molecule has 10 heteroatoms. The third kappa shape index (κ3) is 5.91. The smallest absolute Gasteiger partial charge is 0.407 e. The quantitative estimate of drug-likeness (QED) is 0.644. The van der Waals surface area contributed by atoms with Crippen LogP contribution in [0.25, 0.3) is 0 Å². The predicted molar refractivity (Wildman–Crippen MR) is 81.8 cm³/mol. The number of alkyl carbamates (subject to hydrolysis) is 1. The zero-order chi connectivity index (χ0) is 17.8. The molecule has 0 atom stereocenters. The molecule has 0 radical (unpaired) electrons. The Bertz CT molecular complexity index is 687. The standard InChI is InChI=1S/C13H21N3O6S/c1-13(2,3)22-12(19)14-5-6-15-23(20,21)9-7-10(11(17)18)16(4)8-9/h7-8,15H,5-6H2,1-4H3,(H,14,19)(H,17,18). The van der Waals surface area contributed by atoms with E-state index in [-0.39, 0.29) is 23.7 Å². The number of carbonyl (C=O) groups is 2. The lowest BCUT2D eigenvalue weighted by Crippen LogP contribution is -2.37. The van der Waals surface area contributed by atoms with Gasteiger partial charge in [-0.1, -0.05) is 0 Å². The number of aromatic carboxylic acids is 1. The van der Waals surface area contributed by atoms with Crippen LogP contribution in [0.5, 0.6) is 0 Å². The molecule has 0 aliphatic carbocycles. The van der Waals surface area contributed by atoms with E-state index < -0.39 is 27.7 Å². The van der Waals surface area contributed by atoms with Crippen molar-refractivity contribution >= 4 is 22.1 Å². The van der Waals surface area contributed by atoms with Gasteiger partial charge in [0.25, 0.3) is 0 Å². The third-order valence-electron chi connectivity index (χ3n) is 2.59. The van der Waals surface area contributed by atoms with Gasteiger partial charge in [-0.25, -0.2) is 22.7 Å². The predicted octanol–water partition coefficient (Wildman–Crippen LogP) is 0.526. The number of aryl methyl sites for hydroxylation is 1. The Labute approximate surface area is 134 Å². The molecule has 1 aromatic rings. The van der Waals surface area contributed by atoms with E-state index in [0.29, 0.717) is 0 Å². The highest BCUT2D eigenvalue weighted by molar-refractivity contribution is 7.89. The first kappa shape index (κ1) is 19.0. The van der Waals surface area contributed by atoms with Crippen LogP contribution in [0.3, 0.4) is 0 Å². The summed E-state index contributed by atoms with van der Waals surface area (Å²) in [6.07, 6.45) is 0.553. The number of ether oxygens (including phenoxy) is 1. The molecule has 0 saturated heterocycles. The van der Waals surface area contributed by atoms with Gasteiger partial charge in [-0.3, -0.25) is 0 Å². The Balaban J connectivity index is 2.55. The van der Waals surface area contributed by atoms with Gasteiger partial charge in [0.2, 0.25) is 10.0 Å². The number of hydrogen-bond donors (Lipinski definition) is 3. The number of nitrogens with zero attached hydrogens (tertiary/aromatic N) is 1. The lowest BCUT2D eigenvalue weighted by atomic mass is 10.2. The lowest BCUT2D eigenvalue weighted by molar-refractivity contribution is 0.0528. The highest BCUT2D eigenvalue weighted by atomic mass is 32.2. The summed E-state index contributed by atoms with van der Waals surface area (Å²) in [6, 6.07) is 1.06. The number of nitrogens with one attached hydrogen (secondary N) is 2. The molecule has 3 N–H and O–H groups in total. The Kier molecular flexibility index (Phi) is 5.78. The minimum atomic E-state index is -3.85. The third-order valence-corrected chi connectivity index (χ3v) is 4.02. The topological polar surface area (TPSA) is 127 Å². The van der Waals surface area contributed by atoms with Crippen molar-refractivity contribution in [2.45, 2.75) is 31.3 Å². The maximum atomic E-state index is 12.0. The van der Waals surface area contributed by atoms with E-state index in [0.717, 1.165) is 6.07 Å². The maximum absolute atomic E-state index is 12.0. The van der Waals surface area contributed by atoms with Gasteiger partial charge in [0.15, 0.2) is 0 Å². The summed E-state index contributed by atoms with van der Waals surface area (Å²) < 4.78 is 32.5. The van der Waals surface area contributed by atoms with E-state index in [4.69, 9.17) is 9.84 Å². The second-order valence-electron chi connectivity index (χ2n) is 5.80. The number of hydrogen-bond acceptors (Lipinski definition) is 5. The van der Waals surface area contributed by atoms with Crippen molar-refractivity contribution < 1.29 is 27.9 Å². The van der Waals surface area contributed by atoms with E-state index in [1.54, 1.807) is 20.8 Å². The molecule has 0 spiro atoms. The van der Waals surface area contributed by atoms with Crippen LogP contribution < -0.4 is 10.0 Å². The van der Waals surface area contributed by atoms with Crippen molar-refractivity contribution in [3.63, 3.8) is 0 Å². The van der Waals surface area contributed by atoms with Crippen LogP contribution >= 0.6 is 0 Å². The second kappa shape index (κ2) is 7.01. The van der Waals surface area contributed by atoms with Crippen LogP contribution in [-0.4, -0.2) is 48.8 Å². The van der Waals surface area contributed by atoms with Gasteiger partial charge in [0.05, 0.1) is 0 Å². The SMILES string of the molecule is Cn1cc(S(=O)(=O)NCCNC(=O)OC(C)(C)C)cc1C(=O)O. The number of rotatable bonds is 6. The first-order valence-corrected chi connectivity index (χ1v) is 8.27. The number of carboxylic acid groups (broad SMARTS) is 1. The van der Waals surface area contributed by atoms with Crippen LogP contribution in [-0.2, 0) is 21.8 Å². The molecule has 1 heterocycles. The highest BCUT2D eigenvalue weighted by Crippen LogP contribution is 2.13. The number of carboxylic acids is 1. The number of carbonyl (C=O) groups excluding carboxylic acids is 1. The molecule has 0 unspecified atom stereocenters. The second-order valence-corrected chi connectivity index (χ2v) is 7.57. The summed E-state index contributed by atoms with van der Waals surface area (Å²) in [7, 11) is -2.42. The van der Waals surface area contributed by atoms with Crippen LogP contribution in [0.15, 0.2) is 17.2 Å². The highest BCUT2D eigenvalue weighted by Gasteiger charge is 2.20. The first-order valence-electron chi connectivity index (χ1n) is 6.78. The molecular formula is C13H21N3O6S. The average Bonchev–Trinajstić information content (AvgIpc) is 2.75. The normalized spacial score (nSPS) is 12.0. The molecule has 0 aliphatic rings. The Hall–Kier alpha value is -2.07. The summed E-state index contributed by atoms with van der Waals surface area (Å²) in [5.74, 6) is -1.22. The average molecular weight is 347 g/mol. The van der Waals surface area contributed by atoms with Crippen LogP contribution in [0.2, 0.25) is 0 Å². The molecule has 1 rings (SSSR count). The van der Waals surface area contributed by atoms with Crippen molar-refractivity contribution in [1.82, 2.24) is 14.6 Å². The van der Waals surface area contributed by atoms with E-state index >= 15 is 0 Å². The fourth-order valence-electron chi connectivity index (χ4n) is 1.64. The van der Waals surface area contributed by atoms with Crippen molar-refractivity contribution in [2.75, 3.05) is 13.1 Å². The monoisotopic (exact) mass is 347 g/mol. The zero-order valence-corrected chi connectivity index (χ0v) is 14.2. The molecule has 0 bridgehead atoms. The molecular weight excluding hydrogens is 326 g/mol. The molecule has 23 heavy (non-hydrogen) atoms. The van der Waals surface area contributed by atoms with Gasteiger partial charge in [-0.15, -0.1) is 0 Å². The van der Waals surface area contributed by atoms with Gasteiger partial charge in [0, 0.05) is 26.3 Å². The molecule has 1 aromatic heterocycles. The van der Waals surface area contributed by atoms with Gasteiger partial charge in [-0.2, -0.15) is 0 Å². The minimum Gasteiger partial charge on any atom is -0.477 e. The number of sulfonamides is 1. The van der Waals surface area contributed by atoms with Crippen LogP contribution in [0.1, 0.15) is 31.3 Å². The zero-order valence-electron chi connectivity index (χ0n) is 13.4. The summed E-state index contributed by atoms with van der Waals surface area (Å²) in [6.45, 7) is 5.12. The van der Waals surface area contributed by atoms with Gasteiger partial charge < -0.3 is 19.7 Å². The molecule has 1 amide bonds. The van der Waals surface area contributed by atoms with Gasteiger partial charge >= 0.3 is 12.1 Å². The maximum Gasteiger partial charge on any atom is 0.407 e. The lowest BCUT2D eigenvalue weighted by Gasteiger charge is -2.19. The molecule has 0 aliphatic heterocycles. The van der Waals surface area contributed by atoms with Gasteiger partial charge in [0.1, 0.15) is 16.2 Å². The van der Waals surface area contributed by atoms with E-state index in [1.807, 2.05) is 0 Å². The van der Waals surface area contributed by atoms with Gasteiger partial charge in [-0.05, 0) is 26.8 Å². The summed E-state index contributed by atoms with van der Waals surface area (Å²) in [5.41, 5.74) is -0.779. The van der Waals surface area contributed by atoms with Crippen molar-refractivity contribution in [3.8, 4) is 0 Å². The molecule has 0 fully saturated rings. The van der Waals surface area contributed by atoms with Crippen LogP contribution in [0, 0.1) is 0 Å². The molecule has 0 saturated carbocycles. The fourth-order valence-corrected chi connectivity index (χ4v) is 2.74. The largest absolute Gasteiger partial charge is 0.477 e. The number of aromatic nitrogens is 1. The Morgan fingerprint density at radius 3 is 2.39 bits per heavy atom. The number of amides is 1. The summed E-state index contributed by atoms with van der Waals surface area (Å²) in [5, 5.41) is 11.3. The molecule has 130 valence electrons. The van der Waals surface area contributed by atoms with E-state index in [1.165, 1.54) is 17.8 Å². The molecule has 9 nitrogen and oxygen atoms in total. The van der Waals surface area contributed by atoms with Crippen LogP contribution in [0.4, 0.5) is 4.79 Å².